The number of hydrogen-bond donors (Lipinski definition) is 1. The molecule has 0 bridgehead atoms. The fraction of sp³-hybridized carbons (Fsp3) is 0.591. The number of para-hydroxylation sites is 1. The fourth-order valence-corrected chi connectivity index (χ4v) is 4.40. The smallest absolute Gasteiger partial charge is 0.275 e. The summed E-state index contributed by atoms with van der Waals surface area (Å²) in [6.07, 6.45) is 5.63. The van der Waals surface area contributed by atoms with E-state index >= 15 is 0 Å². The SMILES string of the molecule is Cn1nc(C(=O)N2CCC(CCC(=O)NC[C@@H]3CCCO3)CC2)c2ccccc21. The van der Waals surface area contributed by atoms with Crippen LogP contribution < -0.4 is 5.32 Å². The Kier molecular flexibility index (Phi) is 6.13. The van der Waals surface area contributed by atoms with Crippen molar-refractivity contribution < 1.29 is 14.3 Å². The van der Waals surface area contributed by atoms with E-state index in [9.17, 15) is 9.59 Å². The Bertz CT molecular complexity index is 864. The molecule has 7 heteroatoms. The zero-order valence-corrected chi connectivity index (χ0v) is 17.1. The van der Waals surface area contributed by atoms with E-state index < -0.39 is 0 Å². The average molecular weight is 399 g/mol. The standard InChI is InChI=1S/C22H30N4O3/c1-25-19-7-3-2-6-18(19)21(24-25)22(28)26-12-10-16(11-13-26)8-9-20(27)23-15-17-5-4-14-29-17/h2-3,6-7,16-17H,4-5,8-15H2,1H3,(H,23,27)/t17-/m0/s1. The van der Waals surface area contributed by atoms with Gasteiger partial charge < -0.3 is 15.0 Å². The van der Waals surface area contributed by atoms with Gasteiger partial charge in [-0.05, 0) is 44.1 Å². The van der Waals surface area contributed by atoms with Crippen molar-refractivity contribution in [2.45, 2.75) is 44.6 Å². The normalized spacial score (nSPS) is 20.3. The number of benzene rings is 1. The van der Waals surface area contributed by atoms with Crippen LogP contribution in [-0.4, -0.2) is 58.8 Å². The van der Waals surface area contributed by atoms with Crippen LogP contribution in [0.4, 0.5) is 0 Å². The van der Waals surface area contributed by atoms with Gasteiger partial charge in [-0.1, -0.05) is 18.2 Å². The number of nitrogens with zero attached hydrogens (tertiary/aromatic N) is 3. The van der Waals surface area contributed by atoms with Crippen LogP contribution in [-0.2, 0) is 16.6 Å². The minimum Gasteiger partial charge on any atom is -0.376 e. The van der Waals surface area contributed by atoms with E-state index in [0.29, 0.717) is 24.6 Å². The Balaban J connectivity index is 1.23. The maximum atomic E-state index is 13.0. The Morgan fingerprint density at radius 1 is 1.21 bits per heavy atom. The highest BCUT2D eigenvalue weighted by atomic mass is 16.5. The van der Waals surface area contributed by atoms with Crippen molar-refractivity contribution in [1.29, 1.82) is 0 Å². The van der Waals surface area contributed by atoms with Crippen molar-refractivity contribution >= 4 is 22.7 Å². The molecule has 2 aliphatic rings. The number of carbonyl (C=O) groups is 2. The molecule has 0 saturated carbocycles. The molecule has 1 aromatic carbocycles. The fourth-order valence-electron chi connectivity index (χ4n) is 4.40. The summed E-state index contributed by atoms with van der Waals surface area (Å²) < 4.78 is 7.31. The van der Waals surface area contributed by atoms with Gasteiger partial charge in [0.15, 0.2) is 5.69 Å². The molecule has 2 fully saturated rings. The molecule has 0 spiro atoms. The highest BCUT2D eigenvalue weighted by Crippen LogP contribution is 2.25. The lowest BCUT2D eigenvalue weighted by atomic mass is 9.92. The number of hydrogen-bond acceptors (Lipinski definition) is 4. The molecule has 0 aliphatic carbocycles. The molecule has 1 atom stereocenters. The van der Waals surface area contributed by atoms with E-state index in [1.165, 1.54) is 0 Å². The van der Waals surface area contributed by atoms with E-state index in [-0.39, 0.29) is 17.9 Å². The monoisotopic (exact) mass is 398 g/mol. The Morgan fingerprint density at radius 3 is 2.76 bits per heavy atom. The van der Waals surface area contributed by atoms with Crippen LogP contribution >= 0.6 is 0 Å². The van der Waals surface area contributed by atoms with Gasteiger partial charge in [-0.25, -0.2) is 0 Å². The number of aromatic nitrogens is 2. The van der Waals surface area contributed by atoms with Crippen LogP contribution in [0.15, 0.2) is 24.3 Å². The van der Waals surface area contributed by atoms with Gasteiger partial charge in [0.25, 0.3) is 5.91 Å². The zero-order chi connectivity index (χ0) is 20.2. The van der Waals surface area contributed by atoms with Crippen molar-refractivity contribution in [1.82, 2.24) is 20.0 Å². The van der Waals surface area contributed by atoms with E-state index in [2.05, 4.69) is 10.4 Å². The summed E-state index contributed by atoms with van der Waals surface area (Å²) in [7, 11) is 1.87. The van der Waals surface area contributed by atoms with Crippen LogP contribution in [0.5, 0.6) is 0 Å². The molecular weight excluding hydrogens is 368 g/mol. The number of aryl methyl sites for hydroxylation is 1. The molecule has 2 saturated heterocycles. The van der Waals surface area contributed by atoms with Crippen molar-refractivity contribution in [2.75, 3.05) is 26.2 Å². The van der Waals surface area contributed by atoms with Gasteiger partial charge >= 0.3 is 0 Å². The van der Waals surface area contributed by atoms with Gasteiger partial charge in [-0.2, -0.15) is 5.10 Å². The number of rotatable bonds is 6. The lowest BCUT2D eigenvalue weighted by molar-refractivity contribution is -0.122. The van der Waals surface area contributed by atoms with Crippen molar-refractivity contribution in [3.63, 3.8) is 0 Å². The molecule has 29 heavy (non-hydrogen) atoms. The maximum absolute atomic E-state index is 13.0. The molecule has 0 unspecified atom stereocenters. The van der Waals surface area contributed by atoms with Crippen molar-refractivity contribution in [3.05, 3.63) is 30.0 Å². The van der Waals surface area contributed by atoms with Crippen LogP contribution in [0.1, 0.15) is 49.0 Å². The predicted octanol–water partition coefficient (Wildman–Crippen LogP) is 2.50. The van der Waals surface area contributed by atoms with Gasteiger partial charge in [0.05, 0.1) is 11.6 Å². The second-order valence-corrected chi connectivity index (χ2v) is 8.20. The Labute approximate surface area is 171 Å². The lowest BCUT2D eigenvalue weighted by Crippen LogP contribution is -2.39. The zero-order valence-electron chi connectivity index (χ0n) is 17.1. The topological polar surface area (TPSA) is 76.5 Å². The van der Waals surface area contributed by atoms with E-state index in [0.717, 1.165) is 62.7 Å². The summed E-state index contributed by atoms with van der Waals surface area (Å²) in [5, 5.41) is 8.36. The first-order valence-electron chi connectivity index (χ1n) is 10.7. The summed E-state index contributed by atoms with van der Waals surface area (Å²) in [6, 6.07) is 7.84. The third-order valence-corrected chi connectivity index (χ3v) is 6.19. The van der Waals surface area contributed by atoms with Crippen LogP contribution in [0, 0.1) is 5.92 Å². The van der Waals surface area contributed by atoms with E-state index in [1.54, 1.807) is 4.68 Å². The second kappa shape index (κ2) is 8.95. The third-order valence-electron chi connectivity index (χ3n) is 6.19. The lowest BCUT2D eigenvalue weighted by Gasteiger charge is -2.31. The molecule has 2 aromatic rings. The van der Waals surface area contributed by atoms with Crippen LogP contribution in [0.3, 0.4) is 0 Å². The number of amides is 2. The number of carbonyl (C=O) groups excluding carboxylic acids is 2. The van der Waals surface area contributed by atoms with Gasteiger partial charge in [0, 0.05) is 45.1 Å². The minimum atomic E-state index is 0.00885. The maximum Gasteiger partial charge on any atom is 0.275 e. The molecule has 3 heterocycles. The Hall–Kier alpha value is -2.41. The molecule has 156 valence electrons. The number of piperidine rings is 1. The van der Waals surface area contributed by atoms with Gasteiger partial charge in [-0.3, -0.25) is 14.3 Å². The number of likely N-dealkylation sites (tertiary alicyclic amines) is 1. The van der Waals surface area contributed by atoms with E-state index in [4.69, 9.17) is 4.74 Å². The Morgan fingerprint density at radius 2 is 2.00 bits per heavy atom. The van der Waals surface area contributed by atoms with Gasteiger partial charge in [0.2, 0.25) is 5.91 Å². The summed E-state index contributed by atoms with van der Waals surface area (Å²) in [5.74, 6) is 0.613. The highest BCUT2D eigenvalue weighted by molar-refractivity contribution is 6.04. The second-order valence-electron chi connectivity index (χ2n) is 8.20. The molecule has 2 aliphatic heterocycles. The number of fused-ring (bicyclic) bond motifs is 1. The van der Waals surface area contributed by atoms with Crippen molar-refractivity contribution in [3.8, 4) is 0 Å². The van der Waals surface area contributed by atoms with Crippen LogP contribution in [0.25, 0.3) is 10.9 Å². The van der Waals surface area contributed by atoms with E-state index in [1.807, 2.05) is 36.2 Å². The summed E-state index contributed by atoms with van der Waals surface area (Å²) >= 11 is 0. The number of ether oxygens (including phenoxy) is 1. The first-order chi connectivity index (χ1) is 14.1. The predicted molar refractivity (Wildman–Crippen MR) is 111 cm³/mol. The summed E-state index contributed by atoms with van der Waals surface area (Å²) in [6.45, 7) is 2.90. The molecular formula is C22H30N4O3. The molecule has 1 aromatic heterocycles. The average Bonchev–Trinajstić information content (AvgIpc) is 3.39. The summed E-state index contributed by atoms with van der Waals surface area (Å²) in [5.41, 5.74) is 1.51. The van der Waals surface area contributed by atoms with Crippen molar-refractivity contribution in [2.24, 2.45) is 13.0 Å². The highest BCUT2D eigenvalue weighted by Gasteiger charge is 2.27. The number of nitrogens with one attached hydrogen (secondary N) is 1. The molecule has 4 rings (SSSR count). The first kappa shape index (κ1) is 19.9. The van der Waals surface area contributed by atoms with Gasteiger partial charge in [-0.15, -0.1) is 0 Å². The molecule has 0 radical (unpaired) electrons. The largest absolute Gasteiger partial charge is 0.376 e. The first-order valence-corrected chi connectivity index (χ1v) is 10.7. The summed E-state index contributed by atoms with van der Waals surface area (Å²) in [4.78, 5) is 27.0. The minimum absolute atomic E-state index is 0.00885. The van der Waals surface area contributed by atoms with Gasteiger partial charge in [0.1, 0.15) is 0 Å². The molecule has 2 amide bonds. The quantitative estimate of drug-likeness (QED) is 0.811. The third kappa shape index (κ3) is 4.61. The molecule has 1 N–H and O–H groups in total. The van der Waals surface area contributed by atoms with Crippen LogP contribution in [0.2, 0.25) is 0 Å². The molecule has 7 nitrogen and oxygen atoms in total.